The van der Waals surface area contributed by atoms with Gasteiger partial charge in [-0.15, -0.1) is 0 Å². The number of carbonyl (C=O) groups excluding carboxylic acids is 1. The zero-order chi connectivity index (χ0) is 9.52. The van der Waals surface area contributed by atoms with Crippen molar-refractivity contribution in [3.63, 3.8) is 0 Å². The molecular weight excluding hydrogens is 160 g/mol. The highest BCUT2D eigenvalue weighted by atomic mass is 16.1. The van der Waals surface area contributed by atoms with Crippen LogP contribution in [-0.2, 0) is 4.79 Å². The molecule has 0 saturated carbocycles. The first-order valence-corrected chi connectivity index (χ1v) is 5.18. The summed E-state index contributed by atoms with van der Waals surface area (Å²) in [5.74, 6) is 0.381. The van der Waals surface area contributed by atoms with Crippen molar-refractivity contribution in [3.05, 3.63) is 23.8 Å². The van der Waals surface area contributed by atoms with E-state index >= 15 is 0 Å². The maximum absolute atomic E-state index is 11.4. The van der Waals surface area contributed by atoms with Crippen molar-refractivity contribution in [2.45, 2.75) is 45.4 Å². The Morgan fingerprint density at radius 2 is 2.38 bits per heavy atom. The van der Waals surface area contributed by atoms with Gasteiger partial charge in [0.1, 0.15) is 0 Å². The number of ketones is 1. The summed E-state index contributed by atoms with van der Waals surface area (Å²) in [5, 5.41) is 0. The van der Waals surface area contributed by atoms with E-state index in [-0.39, 0.29) is 0 Å². The van der Waals surface area contributed by atoms with E-state index in [1.54, 1.807) is 0 Å². The molecule has 0 bridgehead atoms. The van der Waals surface area contributed by atoms with Crippen molar-refractivity contribution < 1.29 is 4.79 Å². The Balaban J connectivity index is 2.27. The van der Waals surface area contributed by atoms with Gasteiger partial charge in [0.2, 0.25) is 0 Å². The molecule has 0 aromatic carbocycles. The molecule has 1 heteroatoms. The largest absolute Gasteiger partial charge is 0.295 e. The van der Waals surface area contributed by atoms with Crippen LogP contribution in [0.5, 0.6) is 0 Å². The van der Waals surface area contributed by atoms with Crippen molar-refractivity contribution in [1.29, 1.82) is 0 Å². The van der Waals surface area contributed by atoms with Crippen LogP contribution in [0.2, 0.25) is 0 Å². The van der Waals surface area contributed by atoms with E-state index in [1.165, 1.54) is 0 Å². The molecule has 0 spiro atoms. The lowest BCUT2D eigenvalue weighted by Gasteiger charge is -2.10. The Bertz CT molecular complexity index is 223. The smallest absolute Gasteiger partial charge is 0.158 e. The summed E-state index contributed by atoms with van der Waals surface area (Å²) in [6, 6.07) is 0. The standard InChI is InChI=1S/C12H18O/c1-2-3-4-5-8-11-9-6-7-10-12(11)13/h2-3,9H,4-8,10H2,1H3/b3-2+. The first-order valence-electron chi connectivity index (χ1n) is 5.18. The molecule has 1 aliphatic carbocycles. The van der Waals surface area contributed by atoms with Gasteiger partial charge >= 0.3 is 0 Å². The van der Waals surface area contributed by atoms with E-state index in [9.17, 15) is 4.79 Å². The summed E-state index contributed by atoms with van der Waals surface area (Å²) < 4.78 is 0. The molecule has 0 amide bonds. The maximum Gasteiger partial charge on any atom is 0.158 e. The van der Waals surface area contributed by atoms with E-state index in [1.807, 2.05) is 6.92 Å². The van der Waals surface area contributed by atoms with Crippen molar-refractivity contribution in [3.8, 4) is 0 Å². The molecule has 0 radical (unpaired) electrons. The average molecular weight is 178 g/mol. The van der Waals surface area contributed by atoms with Crippen LogP contribution >= 0.6 is 0 Å². The summed E-state index contributed by atoms with van der Waals surface area (Å²) in [6.07, 6.45) is 12.5. The molecule has 0 aliphatic heterocycles. The molecule has 0 fully saturated rings. The average Bonchev–Trinajstić information content (AvgIpc) is 2.15. The van der Waals surface area contributed by atoms with Crippen LogP contribution in [0.4, 0.5) is 0 Å². The summed E-state index contributed by atoms with van der Waals surface area (Å²) >= 11 is 0. The van der Waals surface area contributed by atoms with Gasteiger partial charge in [-0.25, -0.2) is 0 Å². The zero-order valence-corrected chi connectivity index (χ0v) is 8.38. The molecule has 0 unspecified atom stereocenters. The van der Waals surface area contributed by atoms with E-state index in [0.717, 1.165) is 44.1 Å². The highest BCUT2D eigenvalue weighted by Crippen LogP contribution is 2.18. The van der Waals surface area contributed by atoms with Gasteiger partial charge in [-0.2, -0.15) is 0 Å². The lowest BCUT2D eigenvalue weighted by Crippen LogP contribution is -2.06. The Morgan fingerprint density at radius 3 is 3.08 bits per heavy atom. The second-order valence-electron chi connectivity index (χ2n) is 3.51. The SMILES string of the molecule is C/C=C/CCCC1=CCCCC1=O. The zero-order valence-electron chi connectivity index (χ0n) is 8.38. The molecule has 1 rings (SSSR count). The fourth-order valence-corrected chi connectivity index (χ4v) is 1.63. The molecule has 1 aliphatic rings. The van der Waals surface area contributed by atoms with Crippen LogP contribution in [0.15, 0.2) is 23.8 Å². The third kappa shape index (κ3) is 3.58. The van der Waals surface area contributed by atoms with Crippen molar-refractivity contribution in [2.75, 3.05) is 0 Å². The topological polar surface area (TPSA) is 17.1 Å². The Kier molecular flexibility index (Phi) is 4.52. The van der Waals surface area contributed by atoms with Crippen molar-refractivity contribution >= 4 is 5.78 Å². The summed E-state index contributed by atoms with van der Waals surface area (Å²) in [5.41, 5.74) is 1.08. The number of unbranched alkanes of at least 4 members (excludes halogenated alkanes) is 1. The molecule has 0 heterocycles. The van der Waals surface area contributed by atoms with Gasteiger partial charge in [-0.05, 0) is 44.6 Å². The first-order chi connectivity index (χ1) is 6.34. The lowest BCUT2D eigenvalue weighted by atomic mass is 9.94. The highest BCUT2D eigenvalue weighted by Gasteiger charge is 2.11. The third-order valence-corrected chi connectivity index (χ3v) is 2.41. The van der Waals surface area contributed by atoms with Crippen LogP contribution < -0.4 is 0 Å². The molecule has 0 aromatic rings. The Morgan fingerprint density at radius 1 is 1.54 bits per heavy atom. The molecule has 1 nitrogen and oxygen atoms in total. The van der Waals surface area contributed by atoms with Crippen molar-refractivity contribution in [1.82, 2.24) is 0 Å². The van der Waals surface area contributed by atoms with Crippen LogP contribution in [0.25, 0.3) is 0 Å². The Hall–Kier alpha value is -0.850. The van der Waals surface area contributed by atoms with E-state index in [0.29, 0.717) is 5.78 Å². The van der Waals surface area contributed by atoms with Crippen LogP contribution in [0.3, 0.4) is 0 Å². The fourth-order valence-electron chi connectivity index (χ4n) is 1.63. The summed E-state index contributed by atoms with van der Waals surface area (Å²) in [7, 11) is 0. The number of hydrogen-bond donors (Lipinski definition) is 0. The first kappa shape index (κ1) is 10.2. The normalized spacial score (nSPS) is 17.9. The minimum atomic E-state index is 0.381. The monoisotopic (exact) mass is 178 g/mol. The molecule has 72 valence electrons. The summed E-state index contributed by atoms with van der Waals surface area (Å²) in [6.45, 7) is 2.03. The second-order valence-corrected chi connectivity index (χ2v) is 3.51. The number of allylic oxidation sites excluding steroid dienone is 4. The van der Waals surface area contributed by atoms with Gasteiger partial charge in [0.15, 0.2) is 5.78 Å². The molecule has 13 heavy (non-hydrogen) atoms. The van der Waals surface area contributed by atoms with Crippen LogP contribution in [0, 0.1) is 0 Å². The van der Waals surface area contributed by atoms with Gasteiger partial charge in [-0.3, -0.25) is 4.79 Å². The predicted molar refractivity (Wildman–Crippen MR) is 55.6 cm³/mol. The van der Waals surface area contributed by atoms with E-state index < -0.39 is 0 Å². The number of hydrogen-bond acceptors (Lipinski definition) is 1. The van der Waals surface area contributed by atoms with Gasteiger partial charge in [0.25, 0.3) is 0 Å². The quantitative estimate of drug-likeness (QED) is 0.476. The van der Waals surface area contributed by atoms with Gasteiger partial charge < -0.3 is 0 Å². The molecule has 0 N–H and O–H groups in total. The third-order valence-electron chi connectivity index (χ3n) is 2.41. The number of rotatable bonds is 4. The fraction of sp³-hybridized carbons (Fsp3) is 0.583. The van der Waals surface area contributed by atoms with Gasteiger partial charge in [0.05, 0.1) is 0 Å². The molecular formula is C12H18O. The van der Waals surface area contributed by atoms with E-state index in [2.05, 4.69) is 18.2 Å². The van der Waals surface area contributed by atoms with Gasteiger partial charge in [0, 0.05) is 6.42 Å². The Labute approximate surface area is 80.5 Å². The minimum absolute atomic E-state index is 0.381. The van der Waals surface area contributed by atoms with Crippen molar-refractivity contribution in [2.24, 2.45) is 0 Å². The molecule has 0 aromatic heterocycles. The lowest BCUT2D eigenvalue weighted by molar-refractivity contribution is -0.116. The van der Waals surface area contributed by atoms with Gasteiger partial charge in [-0.1, -0.05) is 18.2 Å². The van der Waals surface area contributed by atoms with Crippen LogP contribution in [-0.4, -0.2) is 5.78 Å². The number of carbonyl (C=O) groups is 1. The number of Topliss-reactive ketones (excluding diaryl/α,β-unsaturated/α-hetero) is 1. The highest BCUT2D eigenvalue weighted by molar-refractivity contribution is 5.95. The molecule has 0 atom stereocenters. The second kappa shape index (κ2) is 5.74. The predicted octanol–water partition coefficient (Wildman–Crippen LogP) is 3.41. The maximum atomic E-state index is 11.4. The molecule has 0 saturated heterocycles. The summed E-state index contributed by atoms with van der Waals surface area (Å²) in [4.78, 5) is 11.4. The minimum Gasteiger partial charge on any atom is -0.295 e. The van der Waals surface area contributed by atoms with Crippen LogP contribution in [0.1, 0.15) is 45.4 Å². The van der Waals surface area contributed by atoms with E-state index in [4.69, 9.17) is 0 Å².